The molecule has 0 bridgehead atoms. The SMILES string of the molecule is CCCCCCCCCCCCCCCCCC(=O)[O-].O=C(O)CC(=O)O.[Na+]. The summed E-state index contributed by atoms with van der Waals surface area (Å²) in [5.74, 6) is -3.53. The summed E-state index contributed by atoms with van der Waals surface area (Å²) in [5.41, 5.74) is 0. The second-order valence-electron chi connectivity index (χ2n) is 7.04. The average molecular weight is 411 g/mol. The fourth-order valence-electron chi connectivity index (χ4n) is 2.77. The summed E-state index contributed by atoms with van der Waals surface area (Å²) in [5, 5.41) is 25.6. The van der Waals surface area contributed by atoms with Gasteiger partial charge in [-0.1, -0.05) is 96.8 Å². The van der Waals surface area contributed by atoms with Crippen LogP contribution in [0, 0.1) is 0 Å². The van der Waals surface area contributed by atoms with Crippen molar-refractivity contribution in [2.75, 3.05) is 0 Å². The van der Waals surface area contributed by atoms with Gasteiger partial charge >= 0.3 is 41.5 Å². The number of aliphatic carboxylic acids is 3. The van der Waals surface area contributed by atoms with Gasteiger partial charge in [0.1, 0.15) is 6.42 Å². The number of carbonyl (C=O) groups is 3. The Bertz CT molecular complexity index is 362. The Kier molecular flexibility index (Phi) is 30.3. The first kappa shape index (κ1) is 32.1. The first-order valence-electron chi connectivity index (χ1n) is 10.5. The summed E-state index contributed by atoms with van der Waals surface area (Å²) in [6, 6.07) is 0. The molecule has 0 saturated carbocycles. The van der Waals surface area contributed by atoms with Crippen molar-refractivity contribution in [1.82, 2.24) is 0 Å². The van der Waals surface area contributed by atoms with Crippen molar-refractivity contribution in [2.45, 2.75) is 116 Å². The van der Waals surface area contributed by atoms with Gasteiger partial charge in [-0.15, -0.1) is 0 Å². The third-order valence-electron chi connectivity index (χ3n) is 4.29. The minimum Gasteiger partial charge on any atom is -0.550 e. The van der Waals surface area contributed by atoms with Gasteiger partial charge in [-0.05, 0) is 12.8 Å². The van der Waals surface area contributed by atoms with E-state index >= 15 is 0 Å². The van der Waals surface area contributed by atoms with Crippen LogP contribution in [0.5, 0.6) is 0 Å². The van der Waals surface area contributed by atoms with E-state index in [4.69, 9.17) is 10.2 Å². The average Bonchev–Trinajstić information content (AvgIpc) is 2.57. The van der Waals surface area contributed by atoms with Crippen LogP contribution in [-0.4, -0.2) is 28.1 Å². The molecule has 0 aliphatic rings. The molecule has 7 heteroatoms. The van der Waals surface area contributed by atoms with Crippen molar-refractivity contribution in [2.24, 2.45) is 0 Å². The van der Waals surface area contributed by atoms with Crippen LogP contribution in [0.15, 0.2) is 0 Å². The number of carbonyl (C=O) groups excluding carboxylic acids is 1. The summed E-state index contributed by atoms with van der Waals surface area (Å²) >= 11 is 0. The third-order valence-corrected chi connectivity index (χ3v) is 4.29. The van der Waals surface area contributed by atoms with Gasteiger partial charge in [0.25, 0.3) is 0 Å². The van der Waals surface area contributed by atoms with Crippen molar-refractivity contribution in [3.8, 4) is 0 Å². The minimum absolute atomic E-state index is 0. The van der Waals surface area contributed by atoms with Gasteiger partial charge in [-0.3, -0.25) is 9.59 Å². The Labute approximate surface area is 192 Å². The molecule has 6 nitrogen and oxygen atoms in total. The number of carboxylic acids is 3. The number of hydrogen-bond acceptors (Lipinski definition) is 4. The van der Waals surface area contributed by atoms with Gasteiger partial charge in [-0.2, -0.15) is 0 Å². The van der Waals surface area contributed by atoms with Crippen molar-refractivity contribution in [3.63, 3.8) is 0 Å². The Morgan fingerprint density at radius 3 is 1.11 bits per heavy atom. The van der Waals surface area contributed by atoms with E-state index in [1.165, 1.54) is 83.5 Å². The second kappa shape index (κ2) is 26.4. The van der Waals surface area contributed by atoms with Crippen molar-refractivity contribution < 1.29 is 59.3 Å². The fourth-order valence-corrected chi connectivity index (χ4v) is 2.77. The predicted molar refractivity (Wildman–Crippen MR) is 104 cm³/mol. The van der Waals surface area contributed by atoms with Crippen LogP contribution < -0.4 is 34.7 Å². The standard InChI is InChI=1S/C18H36O2.C3H4O4.Na/c1-2-3-4-5-6-7-8-9-10-11-12-13-14-15-16-17-18(19)20;4-2(5)1-3(6)7;/h2-17H2,1H3,(H,19,20);1H2,(H,4,5)(H,6,7);/q;;+1/p-1. The quantitative estimate of drug-likeness (QED) is 0.201. The van der Waals surface area contributed by atoms with E-state index in [0.29, 0.717) is 0 Å². The molecule has 160 valence electrons. The molecule has 0 aromatic rings. The molecule has 0 fully saturated rings. The molecule has 0 saturated heterocycles. The molecule has 0 spiro atoms. The number of hydrogen-bond donors (Lipinski definition) is 2. The van der Waals surface area contributed by atoms with Gasteiger partial charge in [-0.25, -0.2) is 0 Å². The van der Waals surface area contributed by atoms with Gasteiger partial charge < -0.3 is 20.1 Å². The van der Waals surface area contributed by atoms with Crippen LogP contribution in [0.25, 0.3) is 0 Å². The summed E-state index contributed by atoms with van der Waals surface area (Å²) in [7, 11) is 0. The molecule has 0 unspecified atom stereocenters. The minimum atomic E-state index is -1.31. The fraction of sp³-hybridized carbons (Fsp3) is 0.857. The molecule has 0 heterocycles. The Morgan fingerprint density at radius 2 is 0.893 bits per heavy atom. The van der Waals surface area contributed by atoms with Crippen LogP contribution in [0.2, 0.25) is 0 Å². The molecule has 0 aromatic heterocycles. The van der Waals surface area contributed by atoms with Crippen LogP contribution in [-0.2, 0) is 14.4 Å². The smallest absolute Gasteiger partial charge is 0.550 e. The van der Waals surface area contributed by atoms with Crippen LogP contribution in [0.3, 0.4) is 0 Å². The molecular weight excluding hydrogens is 371 g/mol. The van der Waals surface area contributed by atoms with Gasteiger partial charge in [0.2, 0.25) is 0 Å². The molecule has 0 amide bonds. The monoisotopic (exact) mass is 410 g/mol. The van der Waals surface area contributed by atoms with E-state index in [2.05, 4.69) is 6.92 Å². The van der Waals surface area contributed by atoms with E-state index in [1.54, 1.807) is 0 Å². The maximum absolute atomic E-state index is 10.2. The van der Waals surface area contributed by atoms with E-state index < -0.39 is 24.3 Å². The molecule has 0 rings (SSSR count). The van der Waals surface area contributed by atoms with E-state index in [1.807, 2.05) is 0 Å². The molecule has 0 radical (unpaired) electrons. The Hall–Kier alpha value is -0.590. The van der Waals surface area contributed by atoms with Gasteiger partial charge in [0.15, 0.2) is 0 Å². The summed E-state index contributed by atoms with van der Waals surface area (Å²) < 4.78 is 0. The van der Waals surface area contributed by atoms with Crippen LogP contribution in [0.1, 0.15) is 116 Å². The number of carboxylic acid groups (broad SMARTS) is 3. The van der Waals surface area contributed by atoms with Gasteiger partial charge in [0, 0.05) is 5.97 Å². The van der Waals surface area contributed by atoms with Crippen LogP contribution in [0.4, 0.5) is 0 Å². The zero-order valence-corrected chi connectivity index (χ0v) is 20.0. The zero-order chi connectivity index (χ0) is 20.8. The largest absolute Gasteiger partial charge is 1.00 e. The van der Waals surface area contributed by atoms with Crippen molar-refractivity contribution in [3.05, 3.63) is 0 Å². The molecule has 0 aromatic carbocycles. The molecule has 0 aliphatic carbocycles. The molecule has 0 aliphatic heterocycles. The molecule has 28 heavy (non-hydrogen) atoms. The Morgan fingerprint density at radius 1 is 0.607 bits per heavy atom. The third kappa shape index (κ3) is 36.3. The van der Waals surface area contributed by atoms with Gasteiger partial charge in [0.05, 0.1) is 0 Å². The van der Waals surface area contributed by atoms with Crippen LogP contribution >= 0.6 is 0 Å². The number of unbranched alkanes of at least 4 members (excludes halogenated alkanes) is 14. The normalized spacial score (nSPS) is 9.75. The second-order valence-corrected chi connectivity index (χ2v) is 7.04. The maximum atomic E-state index is 10.2. The zero-order valence-electron chi connectivity index (χ0n) is 18.0. The number of rotatable bonds is 18. The molecule has 2 N–H and O–H groups in total. The first-order chi connectivity index (χ1) is 12.9. The van der Waals surface area contributed by atoms with Crippen molar-refractivity contribution >= 4 is 17.9 Å². The van der Waals surface area contributed by atoms with E-state index in [9.17, 15) is 19.5 Å². The Balaban J connectivity index is -0.000000665. The van der Waals surface area contributed by atoms with Crippen molar-refractivity contribution in [1.29, 1.82) is 0 Å². The predicted octanol–water partition coefficient (Wildman–Crippen LogP) is 1.55. The maximum Gasteiger partial charge on any atom is 1.00 e. The topological polar surface area (TPSA) is 115 Å². The summed E-state index contributed by atoms with van der Waals surface area (Å²) in [4.78, 5) is 29.1. The first-order valence-corrected chi connectivity index (χ1v) is 10.5. The molecular formula is C21H39NaO6. The summed E-state index contributed by atoms with van der Waals surface area (Å²) in [6.07, 6.45) is 19.1. The summed E-state index contributed by atoms with van der Waals surface area (Å²) in [6.45, 7) is 2.27. The van der Waals surface area contributed by atoms with E-state index in [-0.39, 0.29) is 36.0 Å². The van der Waals surface area contributed by atoms with E-state index in [0.717, 1.165) is 12.8 Å². The molecule has 0 atom stereocenters.